The molecule has 160 valence electrons. The highest BCUT2D eigenvalue weighted by Gasteiger charge is 2.46. The molecule has 1 aromatic heterocycles. The summed E-state index contributed by atoms with van der Waals surface area (Å²) in [5.41, 5.74) is -1.19. The van der Waals surface area contributed by atoms with Gasteiger partial charge in [-0.05, 0) is 31.4 Å². The van der Waals surface area contributed by atoms with E-state index in [9.17, 15) is 27.9 Å². The molecule has 1 aliphatic carbocycles. The lowest BCUT2D eigenvalue weighted by Crippen LogP contribution is -2.54. The molecule has 11 heteroatoms. The molecule has 0 radical (unpaired) electrons. The molecule has 1 saturated heterocycles. The standard InChI is InChI=1S/C19H19F3N4O3S/c20-10-1-2-11(13(21)7-10)16-24-25-17(30-16)15(27)23-14-3-6-26(8-12(14)18(28)29)9-19(22)4-5-19/h1-2,7,12,14H,3-6,8-9H2,(H,23,27)(H,28,29)/t12-,14-/m0/s1. The number of carbonyl (C=O) groups excluding carboxylic acids is 1. The summed E-state index contributed by atoms with van der Waals surface area (Å²) in [4.78, 5) is 26.0. The number of aliphatic carboxylic acids is 1. The van der Waals surface area contributed by atoms with Crippen molar-refractivity contribution in [2.24, 2.45) is 5.92 Å². The number of amides is 1. The van der Waals surface area contributed by atoms with Crippen molar-refractivity contribution in [1.82, 2.24) is 20.4 Å². The van der Waals surface area contributed by atoms with E-state index in [1.807, 2.05) is 0 Å². The molecule has 1 saturated carbocycles. The number of likely N-dealkylation sites (tertiary alicyclic amines) is 1. The quantitative estimate of drug-likeness (QED) is 0.717. The van der Waals surface area contributed by atoms with E-state index >= 15 is 0 Å². The molecule has 30 heavy (non-hydrogen) atoms. The van der Waals surface area contributed by atoms with Crippen LogP contribution in [0.4, 0.5) is 13.2 Å². The lowest BCUT2D eigenvalue weighted by atomic mass is 9.91. The number of piperidine rings is 1. The zero-order valence-corrected chi connectivity index (χ0v) is 16.6. The number of nitrogens with one attached hydrogen (secondary N) is 1. The van der Waals surface area contributed by atoms with E-state index in [4.69, 9.17) is 0 Å². The van der Waals surface area contributed by atoms with Crippen molar-refractivity contribution in [3.8, 4) is 10.6 Å². The fraction of sp³-hybridized carbons (Fsp3) is 0.474. The molecule has 2 fully saturated rings. The summed E-state index contributed by atoms with van der Waals surface area (Å²) in [6, 6.07) is 2.36. The van der Waals surface area contributed by atoms with Crippen LogP contribution in [0.25, 0.3) is 10.6 Å². The topological polar surface area (TPSA) is 95.4 Å². The van der Waals surface area contributed by atoms with Crippen molar-refractivity contribution in [1.29, 1.82) is 0 Å². The van der Waals surface area contributed by atoms with Crippen molar-refractivity contribution >= 4 is 23.2 Å². The summed E-state index contributed by atoms with van der Waals surface area (Å²) in [6.07, 6.45) is 1.35. The van der Waals surface area contributed by atoms with Crippen LogP contribution in [-0.4, -0.2) is 63.4 Å². The third kappa shape index (κ3) is 4.46. The highest BCUT2D eigenvalue weighted by Crippen LogP contribution is 2.41. The fourth-order valence-electron chi connectivity index (χ4n) is 3.60. The molecule has 2 atom stereocenters. The van der Waals surface area contributed by atoms with Gasteiger partial charge in [-0.1, -0.05) is 11.3 Å². The van der Waals surface area contributed by atoms with Crippen LogP contribution in [0.1, 0.15) is 29.1 Å². The van der Waals surface area contributed by atoms with Crippen LogP contribution in [0.2, 0.25) is 0 Å². The van der Waals surface area contributed by atoms with Gasteiger partial charge >= 0.3 is 5.97 Å². The van der Waals surface area contributed by atoms with Crippen LogP contribution >= 0.6 is 11.3 Å². The Morgan fingerprint density at radius 3 is 2.73 bits per heavy atom. The molecule has 1 aliphatic heterocycles. The van der Waals surface area contributed by atoms with E-state index in [2.05, 4.69) is 15.5 Å². The number of aromatic nitrogens is 2. The van der Waals surface area contributed by atoms with Gasteiger partial charge in [0.25, 0.3) is 5.91 Å². The van der Waals surface area contributed by atoms with Gasteiger partial charge in [0.15, 0.2) is 5.01 Å². The Hall–Kier alpha value is -2.53. The second-order valence-electron chi connectivity index (χ2n) is 7.74. The summed E-state index contributed by atoms with van der Waals surface area (Å²) in [5.74, 6) is -4.12. The molecule has 2 N–H and O–H groups in total. The van der Waals surface area contributed by atoms with E-state index in [-0.39, 0.29) is 28.7 Å². The SMILES string of the molecule is O=C(N[C@H]1CCN(CC2(F)CC2)C[C@@H]1C(=O)O)c1nnc(-c2ccc(F)cc2F)s1. The van der Waals surface area contributed by atoms with E-state index in [0.717, 1.165) is 17.4 Å². The van der Waals surface area contributed by atoms with Crippen LogP contribution in [0, 0.1) is 17.6 Å². The van der Waals surface area contributed by atoms with Crippen LogP contribution in [0.5, 0.6) is 0 Å². The van der Waals surface area contributed by atoms with Crippen LogP contribution in [0.15, 0.2) is 18.2 Å². The van der Waals surface area contributed by atoms with Gasteiger partial charge in [-0.15, -0.1) is 10.2 Å². The Bertz CT molecular complexity index is 982. The highest BCUT2D eigenvalue weighted by molar-refractivity contribution is 7.16. The predicted octanol–water partition coefficient (Wildman–Crippen LogP) is 2.49. The van der Waals surface area contributed by atoms with Crippen LogP contribution in [-0.2, 0) is 4.79 Å². The first-order chi connectivity index (χ1) is 14.2. The third-order valence-corrected chi connectivity index (χ3v) is 6.37. The van der Waals surface area contributed by atoms with Crippen molar-refractivity contribution in [3.63, 3.8) is 0 Å². The Balaban J connectivity index is 1.43. The van der Waals surface area contributed by atoms with Gasteiger partial charge in [0, 0.05) is 37.3 Å². The summed E-state index contributed by atoms with van der Waals surface area (Å²) >= 11 is 0.825. The number of carboxylic acid groups (broad SMARTS) is 1. The molecule has 1 aromatic carbocycles. The molecule has 0 unspecified atom stereocenters. The van der Waals surface area contributed by atoms with Gasteiger partial charge in [0.1, 0.15) is 17.3 Å². The number of carboxylic acids is 1. The normalized spacial score (nSPS) is 23.2. The first-order valence-electron chi connectivity index (χ1n) is 9.48. The number of benzene rings is 1. The molecule has 2 heterocycles. The number of halogens is 3. The lowest BCUT2D eigenvalue weighted by Gasteiger charge is -2.37. The first-order valence-corrected chi connectivity index (χ1v) is 10.3. The Kier molecular flexibility index (Phi) is 5.49. The Morgan fingerprint density at radius 2 is 2.07 bits per heavy atom. The number of nitrogens with zero attached hydrogens (tertiary/aromatic N) is 3. The maximum Gasteiger partial charge on any atom is 0.309 e. The largest absolute Gasteiger partial charge is 0.481 e. The molecule has 2 aromatic rings. The van der Waals surface area contributed by atoms with E-state index < -0.39 is 41.1 Å². The van der Waals surface area contributed by atoms with E-state index in [1.165, 1.54) is 6.07 Å². The van der Waals surface area contributed by atoms with Gasteiger partial charge < -0.3 is 10.4 Å². The summed E-state index contributed by atoms with van der Waals surface area (Å²) in [5, 5.41) is 19.8. The average molecular weight is 440 g/mol. The lowest BCUT2D eigenvalue weighted by molar-refractivity contribution is -0.144. The molecule has 0 spiro atoms. The number of carbonyl (C=O) groups is 2. The van der Waals surface area contributed by atoms with Crippen LogP contribution < -0.4 is 5.32 Å². The van der Waals surface area contributed by atoms with Gasteiger partial charge in [-0.2, -0.15) is 0 Å². The summed E-state index contributed by atoms with van der Waals surface area (Å²) in [6.45, 7) is 0.830. The zero-order valence-electron chi connectivity index (χ0n) is 15.8. The molecular weight excluding hydrogens is 421 g/mol. The second kappa shape index (κ2) is 7.95. The molecule has 2 aliphatic rings. The monoisotopic (exact) mass is 440 g/mol. The third-order valence-electron chi connectivity index (χ3n) is 5.41. The second-order valence-corrected chi connectivity index (χ2v) is 8.71. The van der Waals surface area contributed by atoms with Gasteiger partial charge in [-0.3, -0.25) is 14.5 Å². The molecular formula is C19H19F3N4O3S. The highest BCUT2D eigenvalue weighted by atomic mass is 32.1. The minimum absolute atomic E-state index is 0.0184. The fourth-order valence-corrected chi connectivity index (χ4v) is 4.37. The van der Waals surface area contributed by atoms with Gasteiger partial charge in [0.05, 0.1) is 5.92 Å². The minimum atomic E-state index is -1.21. The van der Waals surface area contributed by atoms with Gasteiger partial charge in [0.2, 0.25) is 5.01 Å². The smallest absolute Gasteiger partial charge is 0.309 e. The number of hydrogen-bond acceptors (Lipinski definition) is 6. The molecule has 0 bridgehead atoms. The Labute approximate surface area is 173 Å². The van der Waals surface area contributed by atoms with Crippen LogP contribution in [0.3, 0.4) is 0 Å². The minimum Gasteiger partial charge on any atom is -0.481 e. The predicted molar refractivity (Wildman–Crippen MR) is 102 cm³/mol. The van der Waals surface area contributed by atoms with Crippen molar-refractivity contribution < 1.29 is 27.9 Å². The average Bonchev–Trinajstić information content (AvgIpc) is 3.21. The van der Waals surface area contributed by atoms with Crippen molar-refractivity contribution in [2.45, 2.75) is 31.0 Å². The molecule has 7 nitrogen and oxygen atoms in total. The van der Waals surface area contributed by atoms with E-state index in [1.54, 1.807) is 4.90 Å². The number of alkyl halides is 1. The maximum atomic E-state index is 14.0. The number of rotatable bonds is 6. The summed E-state index contributed by atoms with van der Waals surface area (Å²) in [7, 11) is 0. The number of hydrogen-bond donors (Lipinski definition) is 2. The van der Waals surface area contributed by atoms with Gasteiger partial charge in [-0.25, -0.2) is 13.2 Å². The molecule has 1 amide bonds. The van der Waals surface area contributed by atoms with Crippen molar-refractivity contribution in [2.75, 3.05) is 19.6 Å². The zero-order chi connectivity index (χ0) is 21.5. The van der Waals surface area contributed by atoms with E-state index in [0.29, 0.717) is 31.9 Å². The molecule has 4 rings (SSSR count). The Morgan fingerprint density at radius 1 is 1.30 bits per heavy atom. The maximum absolute atomic E-state index is 14.0. The first kappa shape index (κ1) is 20.7. The van der Waals surface area contributed by atoms with Crippen molar-refractivity contribution in [3.05, 3.63) is 34.8 Å². The summed E-state index contributed by atoms with van der Waals surface area (Å²) < 4.78 is 41.0.